The summed E-state index contributed by atoms with van der Waals surface area (Å²) in [5, 5.41) is 9.20. The summed E-state index contributed by atoms with van der Waals surface area (Å²) >= 11 is 0. The average Bonchev–Trinajstić information content (AvgIpc) is 2.75. The predicted octanol–water partition coefficient (Wildman–Crippen LogP) is 2.04. The van der Waals surface area contributed by atoms with Crippen molar-refractivity contribution < 1.29 is 13.5 Å². The van der Waals surface area contributed by atoms with Gasteiger partial charge < -0.3 is 5.11 Å². The van der Waals surface area contributed by atoms with Gasteiger partial charge in [-0.3, -0.25) is 0 Å². The Morgan fingerprint density at radius 1 is 1.05 bits per heavy atom. The molecule has 0 amide bonds. The Balaban J connectivity index is 1.75. The highest BCUT2D eigenvalue weighted by atomic mass is 32.2. The normalized spacial score (nSPS) is 17.5. The number of hydrogen-bond acceptors (Lipinski definition) is 3. The van der Waals surface area contributed by atoms with Crippen LogP contribution >= 0.6 is 0 Å². The van der Waals surface area contributed by atoms with Gasteiger partial charge in [-0.2, -0.15) is 12.7 Å². The third kappa shape index (κ3) is 5.30. The lowest BCUT2D eigenvalue weighted by Crippen LogP contribution is -2.41. The molecule has 118 valence electrons. The lowest BCUT2D eigenvalue weighted by atomic mass is 10.1. The van der Waals surface area contributed by atoms with Gasteiger partial charge in [0.15, 0.2) is 0 Å². The molecule has 21 heavy (non-hydrogen) atoms. The molecule has 1 aromatic rings. The largest absolute Gasteiger partial charge is 0.508 e. The number of rotatable bonds is 6. The topological polar surface area (TPSA) is 69.6 Å². The average molecular weight is 312 g/mol. The van der Waals surface area contributed by atoms with E-state index >= 15 is 0 Å². The van der Waals surface area contributed by atoms with E-state index < -0.39 is 10.2 Å². The molecule has 1 aromatic carbocycles. The lowest BCUT2D eigenvalue weighted by molar-refractivity contribution is 0.414. The summed E-state index contributed by atoms with van der Waals surface area (Å²) in [6.07, 6.45) is 5.68. The van der Waals surface area contributed by atoms with Crippen LogP contribution in [0.2, 0.25) is 0 Å². The van der Waals surface area contributed by atoms with Gasteiger partial charge in [0.25, 0.3) is 10.2 Å². The Morgan fingerprint density at radius 2 is 1.67 bits per heavy atom. The monoisotopic (exact) mass is 312 g/mol. The van der Waals surface area contributed by atoms with Crippen molar-refractivity contribution in [3.8, 4) is 5.75 Å². The van der Waals surface area contributed by atoms with E-state index in [2.05, 4.69) is 4.72 Å². The van der Waals surface area contributed by atoms with E-state index in [0.29, 0.717) is 19.6 Å². The molecule has 0 spiro atoms. The van der Waals surface area contributed by atoms with Crippen molar-refractivity contribution in [2.45, 2.75) is 38.5 Å². The van der Waals surface area contributed by atoms with Crippen LogP contribution in [0.4, 0.5) is 0 Å². The number of phenolic OH excluding ortho intramolecular Hbond substituents is 1. The summed E-state index contributed by atoms with van der Waals surface area (Å²) in [5.74, 6) is 0.251. The van der Waals surface area contributed by atoms with Gasteiger partial charge in [-0.15, -0.1) is 0 Å². The first-order valence-electron chi connectivity index (χ1n) is 7.60. The van der Waals surface area contributed by atoms with Crippen molar-refractivity contribution >= 4 is 10.2 Å². The summed E-state index contributed by atoms with van der Waals surface area (Å²) < 4.78 is 28.6. The lowest BCUT2D eigenvalue weighted by Gasteiger charge is -2.20. The SMILES string of the molecule is O=S(=O)(NCCCc1ccc(O)cc1)N1CCCCCC1. The van der Waals surface area contributed by atoms with E-state index in [0.717, 1.165) is 44.1 Å². The van der Waals surface area contributed by atoms with Gasteiger partial charge in [-0.05, 0) is 43.4 Å². The molecule has 6 heteroatoms. The Morgan fingerprint density at radius 3 is 2.29 bits per heavy atom. The van der Waals surface area contributed by atoms with Crippen molar-refractivity contribution in [1.82, 2.24) is 9.03 Å². The van der Waals surface area contributed by atoms with Gasteiger partial charge in [-0.1, -0.05) is 25.0 Å². The first kappa shape index (κ1) is 16.3. The van der Waals surface area contributed by atoms with Gasteiger partial charge in [0, 0.05) is 19.6 Å². The van der Waals surface area contributed by atoms with Crippen molar-refractivity contribution in [2.75, 3.05) is 19.6 Å². The zero-order valence-electron chi connectivity index (χ0n) is 12.3. The summed E-state index contributed by atoms with van der Waals surface area (Å²) in [6.45, 7) is 1.71. The van der Waals surface area contributed by atoms with Crippen LogP contribution in [0, 0.1) is 0 Å². The molecule has 2 N–H and O–H groups in total. The molecule has 0 radical (unpaired) electrons. The van der Waals surface area contributed by atoms with Gasteiger partial charge in [0.05, 0.1) is 0 Å². The van der Waals surface area contributed by atoms with Gasteiger partial charge >= 0.3 is 0 Å². The van der Waals surface area contributed by atoms with E-state index in [1.165, 1.54) is 0 Å². The summed E-state index contributed by atoms with van der Waals surface area (Å²) in [5.41, 5.74) is 1.10. The number of nitrogens with zero attached hydrogens (tertiary/aromatic N) is 1. The second-order valence-electron chi connectivity index (χ2n) is 5.48. The van der Waals surface area contributed by atoms with E-state index in [-0.39, 0.29) is 5.75 Å². The van der Waals surface area contributed by atoms with Crippen LogP contribution in [0.15, 0.2) is 24.3 Å². The molecule has 1 fully saturated rings. The number of hydrogen-bond donors (Lipinski definition) is 2. The molecule has 5 nitrogen and oxygen atoms in total. The summed E-state index contributed by atoms with van der Waals surface area (Å²) in [6, 6.07) is 7.02. The Labute approximate surface area is 127 Å². The molecule has 1 heterocycles. The zero-order valence-corrected chi connectivity index (χ0v) is 13.1. The number of aryl methyl sites for hydroxylation is 1. The Kier molecular flexibility index (Phi) is 6.02. The van der Waals surface area contributed by atoms with Crippen LogP contribution in [0.5, 0.6) is 5.75 Å². The second-order valence-corrected chi connectivity index (χ2v) is 7.24. The fourth-order valence-corrected chi connectivity index (χ4v) is 3.85. The molecular formula is C15H24N2O3S. The van der Waals surface area contributed by atoms with Crippen LogP contribution in [0.25, 0.3) is 0 Å². The van der Waals surface area contributed by atoms with Crippen molar-refractivity contribution in [2.24, 2.45) is 0 Å². The minimum atomic E-state index is -3.32. The zero-order chi connectivity index (χ0) is 15.1. The minimum absolute atomic E-state index is 0.251. The van der Waals surface area contributed by atoms with Crippen LogP contribution < -0.4 is 4.72 Å². The Bertz CT molecular complexity index is 520. The predicted molar refractivity (Wildman–Crippen MR) is 83.4 cm³/mol. The van der Waals surface area contributed by atoms with E-state index in [1.54, 1.807) is 16.4 Å². The van der Waals surface area contributed by atoms with Gasteiger partial charge in [0.2, 0.25) is 0 Å². The summed E-state index contributed by atoms with van der Waals surface area (Å²) in [4.78, 5) is 0. The molecule has 0 aliphatic carbocycles. The fourth-order valence-electron chi connectivity index (χ4n) is 2.53. The van der Waals surface area contributed by atoms with Crippen molar-refractivity contribution in [1.29, 1.82) is 0 Å². The molecule has 0 saturated carbocycles. The molecule has 1 aliphatic rings. The molecule has 0 aromatic heterocycles. The van der Waals surface area contributed by atoms with Gasteiger partial charge in [-0.25, -0.2) is 4.72 Å². The molecule has 0 atom stereocenters. The maximum Gasteiger partial charge on any atom is 0.279 e. The first-order valence-corrected chi connectivity index (χ1v) is 9.04. The highest BCUT2D eigenvalue weighted by Gasteiger charge is 2.21. The molecule has 1 aliphatic heterocycles. The third-order valence-corrected chi connectivity index (χ3v) is 5.38. The highest BCUT2D eigenvalue weighted by molar-refractivity contribution is 7.87. The standard InChI is InChI=1S/C15H24N2O3S/c18-15-9-7-14(8-10-15)6-5-11-16-21(19,20)17-12-3-1-2-4-13-17/h7-10,16,18H,1-6,11-13H2. The van der Waals surface area contributed by atoms with Crippen LogP contribution in [-0.2, 0) is 16.6 Å². The van der Waals surface area contributed by atoms with Crippen LogP contribution in [0.3, 0.4) is 0 Å². The molecular weight excluding hydrogens is 288 g/mol. The smallest absolute Gasteiger partial charge is 0.279 e. The number of benzene rings is 1. The maximum absolute atomic E-state index is 12.2. The second kappa shape index (κ2) is 7.77. The third-order valence-electron chi connectivity index (χ3n) is 3.77. The van der Waals surface area contributed by atoms with Crippen LogP contribution in [0.1, 0.15) is 37.7 Å². The number of aromatic hydroxyl groups is 1. The number of phenols is 1. The van der Waals surface area contributed by atoms with Crippen molar-refractivity contribution in [3.05, 3.63) is 29.8 Å². The molecule has 2 rings (SSSR count). The molecule has 0 bridgehead atoms. The maximum atomic E-state index is 12.2. The van der Waals surface area contributed by atoms with Gasteiger partial charge in [0.1, 0.15) is 5.75 Å². The number of nitrogens with one attached hydrogen (secondary N) is 1. The van der Waals surface area contributed by atoms with E-state index in [4.69, 9.17) is 0 Å². The molecule has 1 saturated heterocycles. The highest BCUT2D eigenvalue weighted by Crippen LogP contribution is 2.13. The first-order chi connectivity index (χ1) is 10.1. The summed E-state index contributed by atoms with van der Waals surface area (Å²) in [7, 11) is -3.32. The minimum Gasteiger partial charge on any atom is -0.508 e. The van der Waals surface area contributed by atoms with E-state index in [1.807, 2.05) is 12.1 Å². The van der Waals surface area contributed by atoms with Crippen LogP contribution in [-0.4, -0.2) is 37.5 Å². The fraction of sp³-hybridized carbons (Fsp3) is 0.600. The molecule has 0 unspecified atom stereocenters. The van der Waals surface area contributed by atoms with Crippen molar-refractivity contribution in [3.63, 3.8) is 0 Å². The van der Waals surface area contributed by atoms with E-state index in [9.17, 15) is 13.5 Å². The Hall–Kier alpha value is -1.11. The quantitative estimate of drug-likeness (QED) is 0.790.